The number of para-hydroxylation sites is 2. The van der Waals surface area contributed by atoms with Crippen molar-refractivity contribution >= 4 is 34.9 Å². The fraction of sp³-hybridized carbons (Fsp3) is 0.211. The Morgan fingerprint density at radius 1 is 1.11 bits per heavy atom. The SMILES string of the molecule is O=C(CN1C(=O)COc2ccccc21)Nc1ccc(N2CCNC2=O)cc1. The van der Waals surface area contributed by atoms with E-state index in [1.807, 2.05) is 6.07 Å². The lowest BCUT2D eigenvalue weighted by Gasteiger charge is -2.28. The number of amides is 4. The molecule has 0 unspecified atom stereocenters. The first-order chi connectivity index (χ1) is 13.1. The number of benzene rings is 2. The van der Waals surface area contributed by atoms with Crippen molar-refractivity contribution in [1.82, 2.24) is 5.32 Å². The predicted octanol–water partition coefficient (Wildman–Crippen LogP) is 1.58. The quantitative estimate of drug-likeness (QED) is 0.860. The van der Waals surface area contributed by atoms with Crippen LogP contribution in [0.25, 0.3) is 0 Å². The van der Waals surface area contributed by atoms with Gasteiger partial charge < -0.3 is 15.4 Å². The smallest absolute Gasteiger partial charge is 0.321 e. The molecule has 2 heterocycles. The Morgan fingerprint density at radius 3 is 2.63 bits per heavy atom. The summed E-state index contributed by atoms with van der Waals surface area (Å²) in [4.78, 5) is 39.3. The zero-order chi connectivity index (χ0) is 18.8. The molecule has 2 aliphatic rings. The normalized spacial score (nSPS) is 15.9. The van der Waals surface area contributed by atoms with Crippen molar-refractivity contribution in [2.75, 3.05) is 41.4 Å². The molecule has 2 N–H and O–H groups in total. The monoisotopic (exact) mass is 366 g/mol. The van der Waals surface area contributed by atoms with Gasteiger partial charge in [-0.15, -0.1) is 0 Å². The maximum Gasteiger partial charge on any atom is 0.321 e. The van der Waals surface area contributed by atoms with Crippen LogP contribution in [-0.4, -0.2) is 44.1 Å². The number of nitrogens with zero attached hydrogens (tertiary/aromatic N) is 2. The molecule has 2 aromatic rings. The molecule has 2 aromatic carbocycles. The standard InChI is InChI=1S/C19H18N4O4/c24-17(11-23-15-3-1-2-4-16(15)27-12-18(23)25)21-13-5-7-14(8-6-13)22-10-9-20-19(22)26/h1-8H,9-12H2,(H,20,26)(H,21,24). The maximum absolute atomic E-state index is 12.4. The van der Waals surface area contributed by atoms with E-state index in [-0.39, 0.29) is 31.0 Å². The summed E-state index contributed by atoms with van der Waals surface area (Å²) in [5.41, 5.74) is 1.94. The lowest BCUT2D eigenvalue weighted by molar-refractivity contribution is -0.123. The van der Waals surface area contributed by atoms with Gasteiger partial charge in [-0.3, -0.25) is 19.4 Å². The number of hydrogen-bond donors (Lipinski definition) is 2. The molecule has 1 fully saturated rings. The van der Waals surface area contributed by atoms with E-state index < -0.39 is 0 Å². The van der Waals surface area contributed by atoms with Crippen molar-refractivity contribution in [2.45, 2.75) is 0 Å². The number of carbonyl (C=O) groups excluding carboxylic acids is 3. The van der Waals surface area contributed by atoms with Crippen LogP contribution in [0.2, 0.25) is 0 Å². The molecule has 0 radical (unpaired) electrons. The first-order valence-electron chi connectivity index (χ1n) is 8.59. The fourth-order valence-corrected chi connectivity index (χ4v) is 3.11. The molecule has 138 valence electrons. The van der Waals surface area contributed by atoms with Gasteiger partial charge >= 0.3 is 6.03 Å². The van der Waals surface area contributed by atoms with Crippen LogP contribution >= 0.6 is 0 Å². The van der Waals surface area contributed by atoms with Crippen molar-refractivity contribution in [3.8, 4) is 5.75 Å². The molecule has 8 heteroatoms. The summed E-state index contributed by atoms with van der Waals surface area (Å²) in [5.74, 6) is 0.00380. The second kappa shape index (κ2) is 6.99. The molecule has 27 heavy (non-hydrogen) atoms. The highest BCUT2D eigenvalue weighted by molar-refractivity contribution is 6.05. The highest BCUT2D eigenvalue weighted by Crippen LogP contribution is 2.31. The Balaban J connectivity index is 1.42. The fourth-order valence-electron chi connectivity index (χ4n) is 3.11. The zero-order valence-electron chi connectivity index (χ0n) is 14.5. The second-order valence-corrected chi connectivity index (χ2v) is 6.21. The summed E-state index contributed by atoms with van der Waals surface area (Å²) >= 11 is 0. The van der Waals surface area contributed by atoms with E-state index in [1.165, 1.54) is 4.90 Å². The van der Waals surface area contributed by atoms with Gasteiger partial charge in [0.1, 0.15) is 12.3 Å². The Hall–Kier alpha value is -3.55. The summed E-state index contributed by atoms with van der Waals surface area (Å²) in [6, 6.07) is 14.0. The minimum atomic E-state index is -0.313. The third kappa shape index (κ3) is 3.41. The van der Waals surface area contributed by atoms with Crippen LogP contribution in [0.3, 0.4) is 0 Å². The van der Waals surface area contributed by atoms with Crippen LogP contribution < -0.4 is 25.2 Å². The number of rotatable bonds is 4. The first-order valence-corrected chi connectivity index (χ1v) is 8.59. The lowest BCUT2D eigenvalue weighted by Crippen LogP contribution is -2.43. The Labute approximate surface area is 155 Å². The summed E-state index contributed by atoms with van der Waals surface area (Å²) in [5, 5.41) is 5.52. The molecule has 0 aromatic heterocycles. The van der Waals surface area contributed by atoms with Gasteiger partial charge in [-0.25, -0.2) is 4.79 Å². The highest BCUT2D eigenvalue weighted by Gasteiger charge is 2.27. The molecule has 0 spiro atoms. The minimum absolute atomic E-state index is 0.0864. The van der Waals surface area contributed by atoms with Crippen molar-refractivity contribution in [1.29, 1.82) is 0 Å². The van der Waals surface area contributed by atoms with Gasteiger partial charge in [-0.05, 0) is 36.4 Å². The van der Waals surface area contributed by atoms with Gasteiger partial charge in [-0.2, -0.15) is 0 Å². The minimum Gasteiger partial charge on any atom is -0.482 e. The van der Waals surface area contributed by atoms with Crippen molar-refractivity contribution in [3.63, 3.8) is 0 Å². The predicted molar refractivity (Wildman–Crippen MR) is 100 cm³/mol. The molecule has 0 aliphatic carbocycles. The number of urea groups is 1. The van der Waals surface area contributed by atoms with E-state index in [0.29, 0.717) is 30.2 Å². The number of anilines is 3. The number of ether oxygens (including phenoxy) is 1. The highest BCUT2D eigenvalue weighted by atomic mass is 16.5. The van der Waals surface area contributed by atoms with E-state index in [2.05, 4.69) is 10.6 Å². The Kier molecular flexibility index (Phi) is 4.37. The molecule has 4 rings (SSSR count). The molecule has 1 saturated heterocycles. The summed E-state index contributed by atoms with van der Waals surface area (Å²) in [7, 11) is 0. The molecule has 4 amide bonds. The van der Waals surface area contributed by atoms with Gasteiger partial charge in [0.25, 0.3) is 5.91 Å². The maximum atomic E-state index is 12.4. The lowest BCUT2D eigenvalue weighted by atomic mass is 10.2. The van der Waals surface area contributed by atoms with Gasteiger partial charge in [0.15, 0.2) is 6.61 Å². The topological polar surface area (TPSA) is 91.0 Å². The molecule has 8 nitrogen and oxygen atoms in total. The Bertz CT molecular complexity index is 897. The van der Waals surface area contributed by atoms with E-state index >= 15 is 0 Å². The van der Waals surface area contributed by atoms with Crippen molar-refractivity contribution < 1.29 is 19.1 Å². The van der Waals surface area contributed by atoms with E-state index in [0.717, 1.165) is 5.69 Å². The summed E-state index contributed by atoms with van der Waals surface area (Å²) in [6.45, 7) is 1.04. The van der Waals surface area contributed by atoms with Crippen molar-refractivity contribution in [3.05, 3.63) is 48.5 Å². The largest absolute Gasteiger partial charge is 0.482 e. The number of nitrogens with one attached hydrogen (secondary N) is 2. The van der Waals surface area contributed by atoms with Gasteiger partial charge in [0, 0.05) is 24.5 Å². The van der Waals surface area contributed by atoms with Gasteiger partial charge in [-0.1, -0.05) is 12.1 Å². The summed E-state index contributed by atoms with van der Waals surface area (Å²) in [6.07, 6.45) is 0. The van der Waals surface area contributed by atoms with E-state index in [4.69, 9.17) is 4.74 Å². The van der Waals surface area contributed by atoms with Crippen LogP contribution in [0.5, 0.6) is 5.75 Å². The molecular weight excluding hydrogens is 348 g/mol. The number of fused-ring (bicyclic) bond motifs is 1. The second-order valence-electron chi connectivity index (χ2n) is 6.21. The number of carbonyl (C=O) groups is 3. The first kappa shape index (κ1) is 16.9. The van der Waals surface area contributed by atoms with Gasteiger partial charge in [0.05, 0.1) is 5.69 Å². The van der Waals surface area contributed by atoms with Crippen LogP contribution in [0.4, 0.5) is 21.9 Å². The van der Waals surface area contributed by atoms with E-state index in [1.54, 1.807) is 47.4 Å². The van der Waals surface area contributed by atoms with Crippen LogP contribution in [-0.2, 0) is 9.59 Å². The average Bonchev–Trinajstić information content (AvgIpc) is 3.11. The average molecular weight is 366 g/mol. The molecule has 0 atom stereocenters. The third-order valence-electron chi connectivity index (χ3n) is 4.43. The Morgan fingerprint density at radius 2 is 1.89 bits per heavy atom. The summed E-state index contributed by atoms with van der Waals surface area (Å²) < 4.78 is 5.38. The molecular formula is C19H18N4O4. The van der Waals surface area contributed by atoms with Crippen LogP contribution in [0.1, 0.15) is 0 Å². The van der Waals surface area contributed by atoms with Gasteiger partial charge in [0.2, 0.25) is 5.91 Å². The number of hydrogen-bond acceptors (Lipinski definition) is 4. The van der Waals surface area contributed by atoms with Crippen LogP contribution in [0, 0.1) is 0 Å². The molecule has 0 saturated carbocycles. The third-order valence-corrected chi connectivity index (χ3v) is 4.43. The molecule has 0 bridgehead atoms. The van der Waals surface area contributed by atoms with E-state index in [9.17, 15) is 14.4 Å². The van der Waals surface area contributed by atoms with Crippen molar-refractivity contribution in [2.24, 2.45) is 0 Å². The zero-order valence-corrected chi connectivity index (χ0v) is 14.5. The molecule has 2 aliphatic heterocycles. The van der Waals surface area contributed by atoms with Crippen LogP contribution in [0.15, 0.2) is 48.5 Å².